The number of halogens is 2. The first kappa shape index (κ1) is 18.7. The van der Waals surface area contributed by atoms with Crippen LogP contribution in [0.4, 0.5) is 14.5 Å². The van der Waals surface area contributed by atoms with Crippen LogP contribution in [0.2, 0.25) is 0 Å². The van der Waals surface area contributed by atoms with Gasteiger partial charge in [-0.25, -0.2) is 18.6 Å². The number of nitrogens with zero attached hydrogens (tertiary/aromatic N) is 1. The van der Waals surface area contributed by atoms with Gasteiger partial charge in [0, 0.05) is 16.6 Å². The average Bonchev–Trinajstić information content (AvgIpc) is 3.14. The maximum Gasteiger partial charge on any atom is 0.358 e. The van der Waals surface area contributed by atoms with Crippen LogP contribution in [0.25, 0.3) is 10.6 Å². The fourth-order valence-electron chi connectivity index (χ4n) is 2.14. The summed E-state index contributed by atoms with van der Waals surface area (Å²) >= 11 is 1.21. The molecule has 5 nitrogen and oxygen atoms in total. The third-order valence-electron chi connectivity index (χ3n) is 3.57. The molecule has 3 rings (SSSR count). The van der Waals surface area contributed by atoms with Gasteiger partial charge >= 0.3 is 5.97 Å². The molecule has 8 heteroatoms. The van der Waals surface area contributed by atoms with Gasteiger partial charge in [-0.05, 0) is 55.5 Å². The molecule has 1 aromatic heterocycles. The lowest BCUT2D eigenvalue weighted by atomic mass is 10.2. The molecule has 3 aromatic rings. The molecule has 0 aliphatic carbocycles. The van der Waals surface area contributed by atoms with Gasteiger partial charge in [0.15, 0.2) is 11.8 Å². The fraction of sp³-hybridized carbons (Fsp3) is 0.105. The van der Waals surface area contributed by atoms with Crippen molar-refractivity contribution in [3.05, 3.63) is 71.2 Å². The molecule has 0 aliphatic rings. The van der Waals surface area contributed by atoms with Gasteiger partial charge in [-0.1, -0.05) is 0 Å². The fourth-order valence-corrected chi connectivity index (χ4v) is 2.94. The molecule has 1 heterocycles. The molecule has 27 heavy (non-hydrogen) atoms. The molecule has 0 fully saturated rings. The molecule has 0 bridgehead atoms. The van der Waals surface area contributed by atoms with Crippen molar-refractivity contribution in [2.75, 3.05) is 5.32 Å². The van der Waals surface area contributed by atoms with Gasteiger partial charge in [-0.15, -0.1) is 11.3 Å². The number of aromatic nitrogens is 1. The highest BCUT2D eigenvalue weighted by Gasteiger charge is 2.21. The molecule has 0 unspecified atom stereocenters. The first-order valence-electron chi connectivity index (χ1n) is 7.91. The number of amides is 1. The Bertz CT molecular complexity index is 956. The van der Waals surface area contributed by atoms with E-state index in [2.05, 4.69) is 10.3 Å². The highest BCUT2D eigenvalue weighted by molar-refractivity contribution is 7.13. The number of thiazole rings is 1. The van der Waals surface area contributed by atoms with Gasteiger partial charge in [-0.3, -0.25) is 4.79 Å². The minimum Gasteiger partial charge on any atom is -0.448 e. The van der Waals surface area contributed by atoms with E-state index < -0.39 is 23.8 Å². The zero-order valence-electron chi connectivity index (χ0n) is 14.1. The maximum atomic E-state index is 13.0. The number of nitrogens with one attached hydrogen (secondary N) is 1. The second kappa shape index (κ2) is 8.05. The van der Waals surface area contributed by atoms with Crippen molar-refractivity contribution in [1.29, 1.82) is 0 Å². The molecule has 0 radical (unpaired) electrons. The van der Waals surface area contributed by atoms with Crippen LogP contribution >= 0.6 is 11.3 Å². The minimum absolute atomic E-state index is 0.0563. The predicted octanol–water partition coefficient (Wildman–Crippen LogP) is 4.27. The quantitative estimate of drug-likeness (QED) is 0.663. The summed E-state index contributed by atoms with van der Waals surface area (Å²) in [4.78, 5) is 28.4. The normalized spacial score (nSPS) is 11.7. The summed E-state index contributed by atoms with van der Waals surface area (Å²) in [5.74, 6) is -2.09. The lowest BCUT2D eigenvalue weighted by Gasteiger charge is -2.12. The Hall–Kier alpha value is -3.13. The lowest BCUT2D eigenvalue weighted by molar-refractivity contribution is -0.123. The second-order valence-electron chi connectivity index (χ2n) is 5.59. The van der Waals surface area contributed by atoms with Gasteiger partial charge in [0.25, 0.3) is 5.91 Å². The molecular weight excluding hydrogens is 374 g/mol. The van der Waals surface area contributed by atoms with E-state index in [9.17, 15) is 18.4 Å². The molecule has 0 saturated carbocycles. The first-order valence-corrected chi connectivity index (χ1v) is 8.79. The SMILES string of the molecule is C[C@H](OC(=O)c1csc(-c2ccc(F)cc2)n1)C(=O)Nc1ccc(F)cc1. The molecule has 0 saturated heterocycles. The van der Waals surface area contributed by atoms with Crippen molar-refractivity contribution in [3.63, 3.8) is 0 Å². The topological polar surface area (TPSA) is 68.3 Å². The highest BCUT2D eigenvalue weighted by Crippen LogP contribution is 2.24. The monoisotopic (exact) mass is 388 g/mol. The number of anilines is 1. The summed E-state index contributed by atoms with van der Waals surface area (Å²) in [5.41, 5.74) is 1.11. The first-order chi connectivity index (χ1) is 12.9. The summed E-state index contributed by atoms with van der Waals surface area (Å²) < 4.78 is 31.0. The van der Waals surface area contributed by atoms with Crippen molar-refractivity contribution < 1.29 is 23.1 Å². The van der Waals surface area contributed by atoms with Gasteiger partial charge < -0.3 is 10.1 Å². The third-order valence-corrected chi connectivity index (χ3v) is 4.46. The van der Waals surface area contributed by atoms with E-state index in [-0.39, 0.29) is 11.5 Å². The minimum atomic E-state index is -1.07. The van der Waals surface area contributed by atoms with E-state index in [1.54, 1.807) is 12.1 Å². The van der Waals surface area contributed by atoms with Crippen LogP contribution in [0.15, 0.2) is 53.9 Å². The number of rotatable bonds is 5. The van der Waals surface area contributed by atoms with Gasteiger partial charge in [0.05, 0.1) is 0 Å². The molecule has 0 spiro atoms. The summed E-state index contributed by atoms with van der Waals surface area (Å²) in [7, 11) is 0. The smallest absolute Gasteiger partial charge is 0.358 e. The zero-order chi connectivity index (χ0) is 19.4. The standard InChI is InChI=1S/C19H14F2N2O3S/c1-11(17(24)22-15-8-6-14(21)7-9-15)26-19(25)16-10-27-18(23-16)12-2-4-13(20)5-3-12/h2-11H,1H3,(H,22,24)/t11-/m0/s1. The Morgan fingerprint density at radius 2 is 1.63 bits per heavy atom. The van der Waals surface area contributed by atoms with Gasteiger partial charge in [0.1, 0.15) is 16.6 Å². The number of esters is 1. The van der Waals surface area contributed by atoms with Crippen LogP contribution in [-0.4, -0.2) is 23.0 Å². The Morgan fingerprint density at radius 3 is 2.26 bits per heavy atom. The van der Waals surface area contributed by atoms with Crippen LogP contribution in [0.1, 0.15) is 17.4 Å². The predicted molar refractivity (Wildman–Crippen MR) is 97.4 cm³/mol. The van der Waals surface area contributed by atoms with Crippen molar-refractivity contribution in [3.8, 4) is 10.6 Å². The Kier molecular flexibility index (Phi) is 5.56. The molecule has 1 N–H and O–H groups in total. The van der Waals surface area contributed by atoms with E-state index in [4.69, 9.17) is 4.74 Å². The Morgan fingerprint density at radius 1 is 1.04 bits per heavy atom. The number of carbonyl (C=O) groups excluding carboxylic acids is 2. The van der Waals surface area contributed by atoms with Gasteiger partial charge in [0.2, 0.25) is 0 Å². The Balaban J connectivity index is 1.61. The summed E-state index contributed by atoms with van der Waals surface area (Å²) in [6, 6.07) is 10.9. The number of benzene rings is 2. The molecular formula is C19H14F2N2O3S. The zero-order valence-corrected chi connectivity index (χ0v) is 14.9. The van der Waals surface area contributed by atoms with E-state index >= 15 is 0 Å². The van der Waals surface area contributed by atoms with E-state index in [1.807, 2.05) is 0 Å². The van der Waals surface area contributed by atoms with Crippen molar-refractivity contribution in [2.24, 2.45) is 0 Å². The van der Waals surface area contributed by atoms with Crippen molar-refractivity contribution in [1.82, 2.24) is 4.98 Å². The van der Waals surface area contributed by atoms with Crippen molar-refractivity contribution >= 4 is 28.9 Å². The average molecular weight is 388 g/mol. The van der Waals surface area contributed by atoms with E-state index in [1.165, 1.54) is 60.0 Å². The number of ether oxygens (including phenoxy) is 1. The largest absolute Gasteiger partial charge is 0.448 e. The van der Waals surface area contributed by atoms with Crippen LogP contribution in [0.5, 0.6) is 0 Å². The number of hydrogen-bond acceptors (Lipinski definition) is 5. The third kappa shape index (κ3) is 4.73. The molecule has 1 atom stereocenters. The number of hydrogen-bond donors (Lipinski definition) is 1. The molecule has 2 aromatic carbocycles. The van der Waals surface area contributed by atoms with Crippen LogP contribution in [0.3, 0.4) is 0 Å². The van der Waals surface area contributed by atoms with E-state index in [0.717, 1.165) is 0 Å². The lowest BCUT2D eigenvalue weighted by Crippen LogP contribution is -2.30. The van der Waals surface area contributed by atoms with Crippen molar-refractivity contribution in [2.45, 2.75) is 13.0 Å². The summed E-state index contributed by atoms with van der Waals surface area (Å²) in [5, 5.41) is 4.56. The Labute approximate surface area is 157 Å². The molecule has 1 amide bonds. The summed E-state index contributed by atoms with van der Waals surface area (Å²) in [6.45, 7) is 1.42. The number of carbonyl (C=O) groups is 2. The van der Waals surface area contributed by atoms with E-state index in [0.29, 0.717) is 16.3 Å². The van der Waals surface area contributed by atoms with Crippen LogP contribution in [-0.2, 0) is 9.53 Å². The summed E-state index contributed by atoms with van der Waals surface area (Å²) in [6.07, 6.45) is -1.07. The molecule has 0 aliphatic heterocycles. The molecule has 138 valence electrons. The second-order valence-corrected chi connectivity index (χ2v) is 6.45. The van der Waals surface area contributed by atoms with Gasteiger partial charge in [-0.2, -0.15) is 0 Å². The highest BCUT2D eigenvalue weighted by atomic mass is 32.1. The maximum absolute atomic E-state index is 13.0. The van der Waals surface area contributed by atoms with Crippen LogP contribution in [0, 0.1) is 11.6 Å². The van der Waals surface area contributed by atoms with Crippen LogP contribution < -0.4 is 5.32 Å².